The zero-order chi connectivity index (χ0) is 13.7. The van der Waals surface area contributed by atoms with Gasteiger partial charge in [-0.15, -0.1) is 6.58 Å². The maximum atomic E-state index is 11.7. The molecule has 0 heterocycles. The Morgan fingerprint density at radius 2 is 1.82 bits per heavy atom. The van der Waals surface area contributed by atoms with Crippen LogP contribution in [0.25, 0.3) is 0 Å². The number of allylic oxidation sites excluding steroid dienone is 1. The van der Waals surface area contributed by atoms with E-state index in [1.165, 1.54) is 12.8 Å². The van der Waals surface area contributed by atoms with Crippen molar-refractivity contribution in [2.45, 2.75) is 73.1 Å². The van der Waals surface area contributed by atoms with E-state index in [-0.39, 0.29) is 0 Å². The average Bonchev–Trinajstić information content (AvgIpc) is 2.40. The first-order chi connectivity index (χ1) is 8.24. The standard InChI is InChI=1S/C12H20O.2C2H6/c1-3-4-8-12(13)11-7-5-6-10(2)9-11;2*1-2/h3,10-11H,1,4-9H2,2H3;2*1-2H3. The summed E-state index contributed by atoms with van der Waals surface area (Å²) >= 11 is 0. The second-order valence-electron chi connectivity index (χ2n) is 4.26. The number of hydrogen-bond acceptors (Lipinski definition) is 1. The monoisotopic (exact) mass is 240 g/mol. The Kier molecular flexibility index (Phi) is 14.9. The molecule has 1 fully saturated rings. The van der Waals surface area contributed by atoms with Gasteiger partial charge in [0, 0.05) is 12.3 Å². The fraction of sp³-hybridized carbons (Fsp3) is 0.812. The third kappa shape index (κ3) is 9.14. The topological polar surface area (TPSA) is 17.1 Å². The summed E-state index contributed by atoms with van der Waals surface area (Å²) < 4.78 is 0. The van der Waals surface area contributed by atoms with E-state index in [9.17, 15) is 4.79 Å². The van der Waals surface area contributed by atoms with Crippen LogP contribution < -0.4 is 0 Å². The lowest BCUT2D eigenvalue weighted by atomic mass is 9.79. The highest BCUT2D eigenvalue weighted by Gasteiger charge is 2.23. The lowest BCUT2D eigenvalue weighted by Crippen LogP contribution is -2.21. The molecule has 0 amide bonds. The van der Waals surface area contributed by atoms with Crippen LogP contribution in [0.3, 0.4) is 0 Å². The molecule has 1 heteroatoms. The first-order valence-electron chi connectivity index (χ1n) is 7.37. The van der Waals surface area contributed by atoms with Crippen LogP contribution >= 0.6 is 0 Å². The van der Waals surface area contributed by atoms with E-state index in [4.69, 9.17) is 0 Å². The van der Waals surface area contributed by atoms with Crippen molar-refractivity contribution in [2.75, 3.05) is 0 Å². The molecule has 0 N–H and O–H groups in total. The molecule has 0 bridgehead atoms. The third-order valence-corrected chi connectivity index (χ3v) is 2.99. The molecule has 0 spiro atoms. The number of carbonyl (C=O) groups is 1. The fourth-order valence-corrected chi connectivity index (χ4v) is 2.17. The van der Waals surface area contributed by atoms with Crippen LogP contribution in [0.15, 0.2) is 12.7 Å². The predicted octanol–water partition coefficient (Wildman–Crippen LogP) is 5.40. The molecule has 0 aromatic rings. The molecule has 1 saturated carbocycles. The summed E-state index contributed by atoms with van der Waals surface area (Å²) in [6.07, 6.45) is 8.20. The summed E-state index contributed by atoms with van der Waals surface area (Å²) in [7, 11) is 0. The van der Waals surface area contributed by atoms with Gasteiger partial charge in [0.25, 0.3) is 0 Å². The van der Waals surface area contributed by atoms with Crippen LogP contribution in [0, 0.1) is 11.8 Å². The summed E-state index contributed by atoms with van der Waals surface area (Å²) in [5, 5.41) is 0. The van der Waals surface area contributed by atoms with E-state index in [0.29, 0.717) is 18.1 Å². The van der Waals surface area contributed by atoms with E-state index in [1.807, 2.05) is 33.8 Å². The van der Waals surface area contributed by atoms with E-state index in [2.05, 4.69) is 13.5 Å². The Bertz CT molecular complexity index is 184. The van der Waals surface area contributed by atoms with Crippen LogP contribution in [0.1, 0.15) is 73.1 Å². The molecule has 0 radical (unpaired) electrons. The Balaban J connectivity index is 0. The smallest absolute Gasteiger partial charge is 0.136 e. The van der Waals surface area contributed by atoms with E-state index in [1.54, 1.807) is 0 Å². The minimum Gasteiger partial charge on any atom is -0.299 e. The van der Waals surface area contributed by atoms with Gasteiger partial charge in [0.1, 0.15) is 5.78 Å². The van der Waals surface area contributed by atoms with Gasteiger partial charge in [0.05, 0.1) is 0 Å². The van der Waals surface area contributed by atoms with Crippen LogP contribution in [-0.2, 0) is 4.79 Å². The van der Waals surface area contributed by atoms with Gasteiger partial charge in [-0.25, -0.2) is 0 Å². The molecular formula is C16H32O. The Labute approximate surface area is 109 Å². The lowest BCUT2D eigenvalue weighted by Gasteiger charge is -2.25. The van der Waals surface area contributed by atoms with Crippen molar-refractivity contribution < 1.29 is 4.79 Å². The van der Waals surface area contributed by atoms with Gasteiger partial charge in [-0.05, 0) is 25.2 Å². The zero-order valence-electron chi connectivity index (χ0n) is 12.6. The molecule has 2 atom stereocenters. The van der Waals surface area contributed by atoms with Gasteiger partial charge >= 0.3 is 0 Å². The molecule has 1 nitrogen and oxygen atoms in total. The summed E-state index contributed by atoms with van der Waals surface area (Å²) in [5.41, 5.74) is 0. The van der Waals surface area contributed by atoms with Crippen molar-refractivity contribution >= 4 is 5.78 Å². The van der Waals surface area contributed by atoms with Crippen molar-refractivity contribution in [2.24, 2.45) is 11.8 Å². The van der Waals surface area contributed by atoms with Crippen molar-refractivity contribution in [1.29, 1.82) is 0 Å². The second kappa shape index (κ2) is 13.5. The summed E-state index contributed by atoms with van der Waals surface area (Å²) in [6, 6.07) is 0. The van der Waals surface area contributed by atoms with Crippen LogP contribution in [-0.4, -0.2) is 5.78 Å². The zero-order valence-corrected chi connectivity index (χ0v) is 12.6. The van der Waals surface area contributed by atoms with Crippen molar-refractivity contribution in [3.8, 4) is 0 Å². The van der Waals surface area contributed by atoms with E-state index in [0.717, 1.165) is 25.2 Å². The van der Waals surface area contributed by atoms with Gasteiger partial charge < -0.3 is 0 Å². The molecule has 0 aromatic heterocycles. The predicted molar refractivity (Wildman–Crippen MR) is 78.3 cm³/mol. The van der Waals surface area contributed by atoms with E-state index < -0.39 is 0 Å². The van der Waals surface area contributed by atoms with Gasteiger partial charge in [-0.2, -0.15) is 0 Å². The van der Waals surface area contributed by atoms with Crippen LogP contribution in [0.2, 0.25) is 0 Å². The molecule has 2 unspecified atom stereocenters. The Morgan fingerprint density at radius 3 is 2.29 bits per heavy atom. The maximum Gasteiger partial charge on any atom is 0.136 e. The largest absolute Gasteiger partial charge is 0.299 e. The highest BCUT2D eigenvalue weighted by atomic mass is 16.1. The number of carbonyl (C=O) groups excluding carboxylic acids is 1. The normalized spacial score (nSPS) is 22.4. The van der Waals surface area contributed by atoms with Crippen LogP contribution in [0.5, 0.6) is 0 Å². The molecule has 1 aliphatic rings. The highest BCUT2D eigenvalue weighted by molar-refractivity contribution is 5.81. The molecule has 0 saturated heterocycles. The first-order valence-corrected chi connectivity index (χ1v) is 7.37. The third-order valence-electron chi connectivity index (χ3n) is 2.99. The SMILES string of the molecule is C=CCCC(=O)C1CCCC(C)C1.CC.CC. The van der Waals surface area contributed by atoms with Gasteiger partial charge in [-0.1, -0.05) is 53.5 Å². The number of Topliss-reactive ketones (excluding diaryl/α,β-unsaturated/α-hetero) is 1. The minimum atomic E-state index is 0.365. The summed E-state index contributed by atoms with van der Waals surface area (Å²) in [5.74, 6) is 1.58. The van der Waals surface area contributed by atoms with E-state index >= 15 is 0 Å². The molecule has 1 rings (SSSR count). The highest BCUT2D eigenvalue weighted by Crippen LogP contribution is 2.29. The first kappa shape index (κ1) is 18.8. The van der Waals surface area contributed by atoms with Crippen molar-refractivity contribution in [1.82, 2.24) is 0 Å². The van der Waals surface area contributed by atoms with Gasteiger partial charge in [0.2, 0.25) is 0 Å². The van der Waals surface area contributed by atoms with Crippen LogP contribution in [0.4, 0.5) is 0 Å². The number of hydrogen-bond donors (Lipinski definition) is 0. The maximum absolute atomic E-state index is 11.7. The van der Waals surface area contributed by atoms with Gasteiger partial charge in [-0.3, -0.25) is 4.79 Å². The number of ketones is 1. The average molecular weight is 240 g/mol. The molecular weight excluding hydrogens is 208 g/mol. The molecule has 17 heavy (non-hydrogen) atoms. The summed E-state index contributed by atoms with van der Waals surface area (Å²) in [6.45, 7) is 13.9. The minimum absolute atomic E-state index is 0.365. The van der Waals surface area contributed by atoms with Gasteiger partial charge in [0.15, 0.2) is 0 Å². The van der Waals surface area contributed by atoms with Crippen molar-refractivity contribution in [3.63, 3.8) is 0 Å². The Hall–Kier alpha value is -0.590. The second-order valence-corrected chi connectivity index (χ2v) is 4.26. The molecule has 1 aliphatic carbocycles. The quantitative estimate of drug-likeness (QED) is 0.601. The summed E-state index contributed by atoms with van der Waals surface area (Å²) in [4.78, 5) is 11.7. The fourth-order valence-electron chi connectivity index (χ4n) is 2.17. The number of rotatable bonds is 4. The molecule has 0 aromatic carbocycles. The molecule has 0 aliphatic heterocycles. The molecule has 102 valence electrons. The Morgan fingerprint density at radius 1 is 1.24 bits per heavy atom. The lowest BCUT2D eigenvalue weighted by molar-refractivity contribution is -0.124. The van der Waals surface area contributed by atoms with Crippen molar-refractivity contribution in [3.05, 3.63) is 12.7 Å².